The average Bonchev–Trinajstić information content (AvgIpc) is 2.72. The molecule has 9 heteroatoms. The van der Waals surface area contributed by atoms with Crippen LogP contribution in [0.5, 0.6) is 0 Å². The van der Waals surface area contributed by atoms with Gasteiger partial charge in [-0.3, -0.25) is 19.3 Å². The highest BCUT2D eigenvalue weighted by molar-refractivity contribution is 6.45. The Bertz CT molecular complexity index is 546. The maximum atomic E-state index is 12.0. The Balaban J connectivity index is 0.00000288. The van der Waals surface area contributed by atoms with Crippen LogP contribution in [0.4, 0.5) is 4.79 Å². The lowest BCUT2D eigenvalue weighted by Crippen LogP contribution is -2.46. The number of imide groups is 2. The van der Waals surface area contributed by atoms with Crippen molar-refractivity contribution in [3.8, 4) is 0 Å². The molecule has 0 aliphatic carbocycles. The number of urea groups is 1. The molecule has 0 radical (unpaired) electrons. The second-order valence-corrected chi connectivity index (χ2v) is 6.22. The van der Waals surface area contributed by atoms with Gasteiger partial charge >= 0.3 is 17.8 Å². The van der Waals surface area contributed by atoms with Crippen LogP contribution in [0.2, 0.25) is 0 Å². The zero-order valence-electron chi connectivity index (χ0n) is 13.7. The molecule has 2 aliphatic rings. The summed E-state index contributed by atoms with van der Waals surface area (Å²) in [5.74, 6) is -2.34. The van der Waals surface area contributed by atoms with Crippen molar-refractivity contribution < 1.29 is 19.2 Å². The fourth-order valence-corrected chi connectivity index (χ4v) is 2.70. The Kier molecular flexibility index (Phi) is 6.92. The van der Waals surface area contributed by atoms with E-state index in [0.717, 1.165) is 30.8 Å². The quantitative estimate of drug-likeness (QED) is 0.392. The average molecular weight is 359 g/mol. The van der Waals surface area contributed by atoms with Gasteiger partial charge in [0.05, 0.1) is 0 Å². The third-order valence-corrected chi connectivity index (χ3v) is 4.27. The fraction of sp³-hybridized carbons (Fsp3) is 0.600. The van der Waals surface area contributed by atoms with E-state index in [4.69, 9.17) is 0 Å². The molecule has 0 spiro atoms. The summed E-state index contributed by atoms with van der Waals surface area (Å²) in [4.78, 5) is 48.9. The maximum Gasteiger partial charge on any atom is 0.335 e. The van der Waals surface area contributed by atoms with Crippen molar-refractivity contribution in [2.24, 2.45) is 5.41 Å². The smallest absolute Gasteiger partial charge is 0.335 e. The summed E-state index contributed by atoms with van der Waals surface area (Å²) in [6.07, 6.45) is 3.24. The van der Waals surface area contributed by atoms with Crippen LogP contribution in [0.3, 0.4) is 0 Å². The van der Waals surface area contributed by atoms with E-state index < -0.39 is 30.3 Å². The second kappa shape index (κ2) is 8.25. The maximum absolute atomic E-state index is 12.0. The van der Waals surface area contributed by atoms with Crippen LogP contribution in [-0.2, 0) is 14.4 Å². The van der Waals surface area contributed by atoms with E-state index in [9.17, 15) is 19.2 Å². The van der Waals surface area contributed by atoms with Gasteiger partial charge in [0.1, 0.15) is 6.54 Å². The monoisotopic (exact) mass is 358 g/mol. The summed E-state index contributed by atoms with van der Waals surface area (Å²) in [5.41, 5.74) is 0.00460. The minimum absolute atomic E-state index is 0. The number of amides is 5. The minimum atomic E-state index is -0.972. The highest BCUT2D eigenvalue weighted by Gasteiger charge is 2.44. The van der Waals surface area contributed by atoms with Crippen LogP contribution in [0, 0.1) is 5.41 Å². The third kappa shape index (κ3) is 4.33. The van der Waals surface area contributed by atoms with E-state index in [1.807, 2.05) is 0 Å². The molecule has 2 aliphatic heterocycles. The van der Waals surface area contributed by atoms with E-state index in [1.165, 1.54) is 6.08 Å². The number of hydrogen-bond acceptors (Lipinski definition) is 5. The van der Waals surface area contributed by atoms with Crippen molar-refractivity contribution in [3.05, 3.63) is 12.7 Å². The number of halogens is 1. The Morgan fingerprint density at radius 1 is 1.25 bits per heavy atom. The summed E-state index contributed by atoms with van der Waals surface area (Å²) < 4.78 is 0. The molecule has 2 N–H and O–H groups in total. The van der Waals surface area contributed by atoms with Crippen LogP contribution in [0.1, 0.15) is 19.8 Å². The first-order valence-electron chi connectivity index (χ1n) is 7.63. The third-order valence-electron chi connectivity index (χ3n) is 4.27. The lowest BCUT2D eigenvalue weighted by Gasteiger charge is -2.34. The largest absolute Gasteiger partial charge is 0.354 e. The first kappa shape index (κ1) is 20.1. The van der Waals surface area contributed by atoms with Crippen molar-refractivity contribution in [1.82, 2.24) is 20.4 Å². The highest BCUT2D eigenvalue weighted by atomic mass is 35.5. The van der Waals surface area contributed by atoms with Gasteiger partial charge in [-0.25, -0.2) is 9.69 Å². The molecule has 0 saturated carbocycles. The zero-order valence-corrected chi connectivity index (χ0v) is 14.5. The van der Waals surface area contributed by atoms with E-state index in [1.54, 1.807) is 0 Å². The highest BCUT2D eigenvalue weighted by Crippen LogP contribution is 2.26. The van der Waals surface area contributed by atoms with Crippen LogP contribution >= 0.6 is 12.4 Å². The van der Waals surface area contributed by atoms with E-state index in [0.29, 0.717) is 11.4 Å². The summed E-state index contributed by atoms with van der Waals surface area (Å²) in [5, 5.41) is 6.02. The molecule has 0 unspecified atom stereocenters. The first-order chi connectivity index (χ1) is 10.9. The topological polar surface area (TPSA) is 98.8 Å². The number of nitrogens with one attached hydrogen (secondary N) is 2. The van der Waals surface area contributed by atoms with Gasteiger partial charge < -0.3 is 10.6 Å². The molecule has 0 aromatic rings. The number of hydrogen-bond donors (Lipinski definition) is 2. The van der Waals surface area contributed by atoms with Crippen molar-refractivity contribution in [2.75, 3.05) is 32.7 Å². The summed E-state index contributed by atoms with van der Waals surface area (Å²) in [6, 6.07) is -0.775. The molecule has 2 rings (SSSR count). The van der Waals surface area contributed by atoms with Gasteiger partial charge in [0.2, 0.25) is 5.91 Å². The first-order valence-corrected chi connectivity index (χ1v) is 7.63. The number of rotatable bonds is 6. The molecule has 134 valence electrons. The van der Waals surface area contributed by atoms with Crippen LogP contribution in [-0.4, -0.2) is 66.3 Å². The van der Waals surface area contributed by atoms with E-state index in [-0.39, 0.29) is 24.4 Å². The lowest BCUT2D eigenvalue weighted by molar-refractivity contribution is -0.143. The molecule has 0 bridgehead atoms. The predicted molar refractivity (Wildman–Crippen MR) is 89.5 cm³/mol. The van der Waals surface area contributed by atoms with Crippen molar-refractivity contribution in [2.45, 2.75) is 19.8 Å². The van der Waals surface area contributed by atoms with Crippen molar-refractivity contribution >= 4 is 36.2 Å². The molecule has 24 heavy (non-hydrogen) atoms. The van der Waals surface area contributed by atoms with Crippen LogP contribution < -0.4 is 10.6 Å². The molecule has 2 heterocycles. The lowest BCUT2D eigenvalue weighted by atomic mass is 9.81. The Hall–Kier alpha value is -1.93. The normalized spacial score (nSPS) is 20.0. The molecular weight excluding hydrogens is 336 g/mol. The molecular formula is C15H23ClN4O4. The SMILES string of the molecule is C=CCN1C(=O)C(=O)N(CC(=O)NCC2(C)CCNCC2)C1=O.Cl. The molecule has 0 atom stereocenters. The van der Waals surface area contributed by atoms with Gasteiger partial charge in [0.25, 0.3) is 0 Å². The van der Waals surface area contributed by atoms with Crippen molar-refractivity contribution in [3.63, 3.8) is 0 Å². The Labute approximate surface area is 147 Å². The fourth-order valence-electron chi connectivity index (χ4n) is 2.70. The molecule has 5 amide bonds. The summed E-state index contributed by atoms with van der Waals surface area (Å²) in [7, 11) is 0. The molecule has 2 saturated heterocycles. The second-order valence-electron chi connectivity index (χ2n) is 6.22. The van der Waals surface area contributed by atoms with Crippen LogP contribution in [0.25, 0.3) is 0 Å². The van der Waals surface area contributed by atoms with E-state index >= 15 is 0 Å². The van der Waals surface area contributed by atoms with Crippen LogP contribution in [0.15, 0.2) is 12.7 Å². The van der Waals surface area contributed by atoms with Gasteiger partial charge in [0, 0.05) is 13.1 Å². The van der Waals surface area contributed by atoms with Gasteiger partial charge in [0.15, 0.2) is 0 Å². The Morgan fingerprint density at radius 3 is 2.42 bits per heavy atom. The van der Waals surface area contributed by atoms with Gasteiger partial charge in [-0.1, -0.05) is 13.0 Å². The molecule has 8 nitrogen and oxygen atoms in total. The van der Waals surface area contributed by atoms with Crippen molar-refractivity contribution in [1.29, 1.82) is 0 Å². The molecule has 0 aromatic heterocycles. The van der Waals surface area contributed by atoms with Gasteiger partial charge in [-0.05, 0) is 31.3 Å². The number of piperidine rings is 1. The molecule has 0 aromatic carbocycles. The number of carbonyl (C=O) groups excluding carboxylic acids is 4. The standard InChI is InChI=1S/C15H22N4O4.ClH/c1-3-8-18-12(21)13(22)19(14(18)23)9-11(20)17-10-15(2)4-6-16-7-5-15;/h3,16H,1,4-10H2,2H3,(H,17,20);1H. The number of nitrogens with zero attached hydrogens (tertiary/aromatic N) is 2. The summed E-state index contributed by atoms with van der Waals surface area (Å²) in [6.45, 7) is 7.32. The van der Waals surface area contributed by atoms with Gasteiger partial charge in [-0.2, -0.15) is 0 Å². The van der Waals surface area contributed by atoms with E-state index in [2.05, 4.69) is 24.1 Å². The minimum Gasteiger partial charge on any atom is -0.354 e. The number of carbonyl (C=O) groups is 4. The van der Waals surface area contributed by atoms with Gasteiger partial charge in [-0.15, -0.1) is 19.0 Å². The summed E-state index contributed by atoms with van der Waals surface area (Å²) >= 11 is 0. The Morgan fingerprint density at radius 2 is 1.83 bits per heavy atom. The zero-order chi connectivity index (χ0) is 17.0. The predicted octanol–water partition coefficient (Wildman–Crippen LogP) is -0.109. The molecule has 2 fully saturated rings.